The molecular weight excluding hydrogens is 282 g/mol. The molecule has 0 radical (unpaired) electrons. The van der Waals surface area contributed by atoms with Crippen LogP contribution in [-0.4, -0.2) is 43.2 Å². The standard InChI is InChI=1S/C15H27N5S/c1-4-16-14(18-12(2)3)17-8-7-13-11-21-15(19-13)20-9-5-6-10-20/h11-12H,4-10H2,1-3H3,(H2,16,17,18). The molecular formula is C15H27N5S. The first-order valence-electron chi connectivity index (χ1n) is 7.93. The van der Waals surface area contributed by atoms with Crippen LogP contribution in [0.4, 0.5) is 5.13 Å². The van der Waals surface area contributed by atoms with E-state index in [9.17, 15) is 0 Å². The average molecular weight is 309 g/mol. The molecule has 0 atom stereocenters. The van der Waals surface area contributed by atoms with Gasteiger partial charge in [-0.15, -0.1) is 11.3 Å². The fourth-order valence-corrected chi connectivity index (χ4v) is 3.25. The molecule has 1 aromatic rings. The molecule has 0 aromatic carbocycles. The van der Waals surface area contributed by atoms with Crippen LogP contribution in [0.3, 0.4) is 0 Å². The van der Waals surface area contributed by atoms with Crippen molar-refractivity contribution in [3.8, 4) is 0 Å². The zero-order valence-corrected chi connectivity index (χ0v) is 14.2. The van der Waals surface area contributed by atoms with Crippen LogP contribution in [0.15, 0.2) is 10.4 Å². The van der Waals surface area contributed by atoms with E-state index < -0.39 is 0 Å². The summed E-state index contributed by atoms with van der Waals surface area (Å²) in [7, 11) is 0. The minimum atomic E-state index is 0.392. The van der Waals surface area contributed by atoms with E-state index in [4.69, 9.17) is 4.98 Å². The summed E-state index contributed by atoms with van der Waals surface area (Å²) < 4.78 is 0. The Labute approximate surface area is 131 Å². The maximum atomic E-state index is 4.73. The molecule has 0 spiro atoms. The van der Waals surface area contributed by atoms with Crippen molar-refractivity contribution >= 4 is 22.4 Å². The molecule has 2 rings (SSSR count). The summed E-state index contributed by atoms with van der Waals surface area (Å²) in [6.07, 6.45) is 3.50. The van der Waals surface area contributed by atoms with Crippen molar-refractivity contribution < 1.29 is 0 Å². The first kappa shape index (κ1) is 16.1. The Kier molecular flexibility index (Phi) is 6.29. The van der Waals surface area contributed by atoms with E-state index in [1.165, 1.54) is 18.0 Å². The number of aliphatic imine (C=N–C) groups is 1. The molecule has 0 amide bonds. The number of guanidine groups is 1. The van der Waals surface area contributed by atoms with Gasteiger partial charge in [-0.25, -0.2) is 4.98 Å². The second kappa shape index (κ2) is 8.22. The number of nitrogens with one attached hydrogen (secondary N) is 2. The number of hydrogen-bond acceptors (Lipinski definition) is 4. The van der Waals surface area contributed by atoms with Crippen LogP contribution in [0.1, 0.15) is 39.3 Å². The third-order valence-corrected chi connectivity index (χ3v) is 4.27. The lowest BCUT2D eigenvalue weighted by Gasteiger charge is -2.13. The summed E-state index contributed by atoms with van der Waals surface area (Å²) in [4.78, 5) is 11.7. The van der Waals surface area contributed by atoms with E-state index in [0.29, 0.717) is 6.04 Å². The molecule has 5 nitrogen and oxygen atoms in total. The average Bonchev–Trinajstić information content (AvgIpc) is 3.08. The van der Waals surface area contributed by atoms with Crippen LogP contribution in [0.25, 0.3) is 0 Å². The van der Waals surface area contributed by atoms with E-state index in [1.54, 1.807) is 11.3 Å². The highest BCUT2D eigenvalue weighted by molar-refractivity contribution is 7.13. The monoisotopic (exact) mass is 309 g/mol. The summed E-state index contributed by atoms with van der Waals surface area (Å²) in [5.41, 5.74) is 1.16. The van der Waals surface area contributed by atoms with Gasteiger partial charge in [0.05, 0.1) is 5.69 Å². The molecule has 0 bridgehead atoms. The number of thiazole rings is 1. The molecule has 2 N–H and O–H groups in total. The van der Waals surface area contributed by atoms with Gasteiger partial charge in [0.25, 0.3) is 0 Å². The van der Waals surface area contributed by atoms with E-state index >= 15 is 0 Å². The predicted octanol–water partition coefficient (Wildman–Crippen LogP) is 2.25. The van der Waals surface area contributed by atoms with Crippen LogP contribution in [0, 0.1) is 0 Å². The number of aromatic nitrogens is 1. The second-order valence-electron chi connectivity index (χ2n) is 5.63. The molecule has 2 heterocycles. The Hall–Kier alpha value is -1.30. The van der Waals surface area contributed by atoms with Crippen molar-refractivity contribution in [2.45, 2.75) is 46.1 Å². The zero-order chi connectivity index (χ0) is 15.1. The highest BCUT2D eigenvalue weighted by atomic mass is 32.1. The molecule has 21 heavy (non-hydrogen) atoms. The van der Waals surface area contributed by atoms with Crippen molar-refractivity contribution in [2.24, 2.45) is 4.99 Å². The van der Waals surface area contributed by atoms with Crippen LogP contribution < -0.4 is 15.5 Å². The van der Waals surface area contributed by atoms with Crippen LogP contribution in [0.2, 0.25) is 0 Å². The molecule has 118 valence electrons. The highest BCUT2D eigenvalue weighted by Gasteiger charge is 2.15. The van der Waals surface area contributed by atoms with Gasteiger partial charge in [0.15, 0.2) is 11.1 Å². The molecule has 1 saturated heterocycles. The lowest BCUT2D eigenvalue weighted by Crippen LogP contribution is -2.41. The van der Waals surface area contributed by atoms with Crippen molar-refractivity contribution in [1.29, 1.82) is 0 Å². The van der Waals surface area contributed by atoms with Gasteiger partial charge in [-0.05, 0) is 33.6 Å². The van der Waals surface area contributed by atoms with Crippen LogP contribution in [0.5, 0.6) is 0 Å². The normalized spacial score (nSPS) is 15.8. The zero-order valence-electron chi connectivity index (χ0n) is 13.4. The van der Waals surface area contributed by atoms with E-state index in [1.807, 2.05) is 0 Å². The van der Waals surface area contributed by atoms with Gasteiger partial charge in [0.2, 0.25) is 0 Å². The van der Waals surface area contributed by atoms with Crippen LogP contribution in [-0.2, 0) is 6.42 Å². The number of rotatable bonds is 6. The minimum Gasteiger partial charge on any atom is -0.357 e. The molecule has 0 aliphatic carbocycles. The molecule has 0 saturated carbocycles. The summed E-state index contributed by atoms with van der Waals surface area (Å²) >= 11 is 1.76. The Morgan fingerprint density at radius 3 is 2.86 bits per heavy atom. The number of hydrogen-bond donors (Lipinski definition) is 2. The largest absolute Gasteiger partial charge is 0.357 e. The molecule has 1 aliphatic rings. The van der Waals surface area contributed by atoms with Gasteiger partial charge < -0.3 is 15.5 Å². The fourth-order valence-electron chi connectivity index (χ4n) is 2.34. The smallest absolute Gasteiger partial charge is 0.191 e. The Bertz CT molecular complexity index is 449. The lowest BCUT2D eigenvalue weighted by atomic mass is 10.3. The van der Waals surface area contributed by atoms with Gasteiger partial charge >= 0.3 is 0 Å². The van der Waals surface area contributed by atoms with Crippen molar-refractivity contribution in [1.82, 2.24) is 15.6 Å². The van der Waals surface area contributed by atoms with Crippen molar-refractivity contribution in [2.75, 3.05) is 31.1 Å². The van der Waals surface area contributed by atoms with E-state index in [-0.39, 0.29) is 0 Å². The summed E-state index contributed by atoms with van der Waals surface area (Å²) in [5, 5.41) is 9.94. The van der Waals surface area contributed by atoms with Gasteiger partial charge in [-0.2, -0.15) is 0 Å². The van der Waals surface area contributed by atoms with Crippen LogP contribution >= 0.6 is 11.3 Å². The Morgan fingerprint density at radius 2 is 2.19 bits per heavy atom. The van der Waals surface area contributed by atoms with E-state index in [2.05, 4.69) is 46.7 Å². The molecule has 1 aromatic heterocycles. The first-order chi connectivity index (χ1) is 10.2. The summed E-state index contributed by atoms with van der Waals surface area (Å²) in [5.74, 6) is 0.891. The topological polar surface area (TPSA) is 52.6 Å². The summed E-state index contributed by atoms with van der Waals surface area (Å²) in [6.45, 7) is 10.3. The fraction of sp³-hybridized carbons (Fsp3) is 0.733. The predicted molar refractivity (Wildman–Crippen MR) is 91.5 cm³/mol. The van der Waals surface area contributed by atoms with Gasteiger partial charge in [-0.3, -0.25) is 4.99 Å². The van der Waals surface area contributed by atoms with Gasteiger partial charge in [-0.1, -0.05) is 0 Å². The van der Waals surface area contributed by atoms with Gasteiger partial charge in [0.1, 0.15) is 0 Å². The Balaban J connectivity index is 1.83. The maximum Gasteiger partial charge on any atom is 0.191 e. The quantitative estimate of drug-likeness (QED) is 0.625. The number of anilines is 1. The molecule has 1 aliphatic heterocycles. The molecule has 6 heteroatoms. The molecule has 1 fully saturated rings. The highest BCUT2D eigenvalue weighted by Crippen LogP contribution is 2.24. The minimum absolute atomic E-state index is 0.392. The Morgan fingerprint density at radius 1 is 1.43 bits per heavy atom. The lowest BCUT2D eigenvalue weighted by molar-refractivity contribution is 0.700. The third-order valence-electron chi connectivity index (χ3n) is 3.32. The van der Waals surface area contributed by atoms with Crippen molar-refractivity contribution in [3.05, 3.63) is 11.1 Å². The maximum absolute atomic E-state index is 4.73. The molecule has 0 unspecified atom stereocenters. The number of nitrogens with zero attached hydrogens (tertiary/aromatic N) is 3. The third kappa shape index (κ3) is 5.19. The first-order valence-corrected chi connectivity index (χ1v) is 8.81. The van der Waals surface area contributed by atoms with Crippen molar-refractivity contribution in [3.63, 3.8) is 0 Å². The summed E-state index contributed by atoms with van der Waals surface area (Å²) in [6, 6.07) is 0.392. The van der Waals surface area contributed by atoms with Gasteiger partial charge in [0, 0.05) is 44.0 Å². The van der Waals surface area contributed by atoms with E-state index in [0.717, 1.165) is 44.3 Å². The second-order valence-corrected chi connectivity index (χ2v) is 6.46. The SMILES string of the molecule is CCNC(=NCCc1csc(N2CCCC2)n1)NC(C)C.